The van der Waals surface area contributed by atoms with E-state index in [9.17, 15) is 13.2 Å². The van der Waals surface area contributed by atoms with Gasteiger partial charge in [-0.15, -0.1) is 0 Å². The number of rotatable bonds is 8. The molecule has 0 saturated heterocycles. The Morgan fingerprint density at radius 1 is 0.935 bits per heavy atom. The van der Waals surface area contributed by atoms with Crippen LogP contribution in [-0.2, 0) is 21.4 Å². The van der Waals surface area contributed by atoms with E-state index in [0.29, 0.717) is 23.7 Å². The lowest BCUT2D eigenvalue weighted by Crippen LogP contribution is -2.37. The maximum atomic E-state index is 12.5. The number of nitrogens with one attached hydrogen (secondary N) is 1. The molecule has 0 aromatic heterocycles. The van der Waals surface area contributed by atoms with Gasteiger partial charge in [-0.1, -0.05) is 36.4 Å². The monoisotopic (exact) mass is 438 g/mol. The molecule has 6 nitrogen and oxygen atoms in total. The molecule has 0 radical (unpaired) electrons. The second-order valence-electron chi connectivity index (χ2n) is 7.39. The zero-order valence-corrected chi connectivity index (χ0v) is 18.6. The van der Waals surface area contributed by atoms with Gasteiger partial charge in [-0.3, -0.25) is 9.10 Å². The third-order valence-electron chi connectivity index (χ3n) is 4.85. The Hall–Kier alpha value is -3.32. The number of aryl methyl sites for hydroxylation is 2. The number of ether oxygens (including phenoxy) is 1. The summed E-state index contributed by atoms with van der Waals surface area (Å²) in [6.07, 6.45) is 1.09. The second kappa shape index (κ2) is 9.66. The van der Waals surface area contributed by atoms with Gasteiger partial charge in [0, 0.05) is 5.69 Å². The number of nitrogens with zero attached hydrogens (tertiary/aromatic N) is 1. The van der Waals surface area contributed by atoms with Gasteiger partial charge in [-0.25, -0.2) is 8.42 Å². The molecule has 0 aliphatic heterocycles. The highest BCUT2D eigenvalue weighted by Gasteiger charge is 2.21. The average Bonchev–Trinajstić information content (AvgIpc) is 2.73. The molecular weight excluding hydrogens is 412 g/mol. The maximum Gasteiger partial charge on any atom is 0.245 e. The van der Waals surface area contributed by atoms with Gasteiger partial charge in [-0.2, -0.15) is 0 Å². The highest BCUT2D eigenvalue weighted by Crippen LogP contribution is 2.22. The van der Waals surface area contributed by atoms with Crippen molar-refractivity contribution in [3.8, 4) is 5.75 Å². The zero-order valence-electron chi connectivity index (χ0n) is 17.8. The van der Waals surface area contributed by atoms with Crippen molar-refractivity contribution in [2.45, 2.75) is 20.5 Å². The topological polar surface area (TPSA) is 75.7 Å². The summed E-state index contributed by atoms with van der Waals surface area (Å²) in [7, 11) is -3.62. The van der Waals surface area contributed by atoms with Gasteiger partial charge >= 0.3 is 0 Å². The molecule has 0 atom stereocenters. The van der Waals surface area contributed by atoms with E-state index in [1.807, 2.05) is 50.2 Å². The quantitative estimate of drug-likeness (QED) is 0.569. The van der Waals surface area contributed by atoms with Crippen LogP contribution in [0.2, 0.25) is 0 Å². The number of carbonyl (C=O) groups excluding carboxylic acids is 1. The van der Waals surface area contributed by atoms with E-state index in [1.165, 1.54) is 0 Å². The number of anilines is 2. The van der Waals surface area contributed by atoms with Crippen LogP contribution >= 0.6 is 0 Å². The smallest absolute Gasteiger partial charge is 0.245 e. The van der Waals surface area contributed by atoms with Gasteiger partial charge in [0.1, 0.15) is 18.9 Å². The molecule has 3 rings (SSSR count). The third kappa shape index (κ3) is 6.33. The lowest BCUT2D eigenvalue weighted by Gasteiger charge is -2.22. The van der Waals surface area contributed by atoms with Crippen LogP contribution in [0.15, 0.2) is 72.8 Å². The molecule has 0 spiro atoms. The van der Waals surface area contributed by atoms with Crippen LogP contribution in [0, 0.1) is 13.8 Å². The van der Waals surface area contributed by atoms with Crippen molar-refractivity contribution >= 4 is 27.3 Å². The summed E-state index contributed by atoms with van der Waals surface area (Å²) in [6.45, 7) is 3.99. The molecule has 0 unspecified atom stereocenters. The molecule has 0 saturated carbocycles. The zero-order chi connectivity index (χ0) is 22.4. The van der Waals surface area contributed by atoms with Gasteiger partial charge in [0.15, 0.2) is 0 Å². The van der Waals surface area contributed by atoms with Gasteiger partial charge in [0.05, 0.1) is 11.9 Å². The van der Waals surface area contributed by atoms with Crippen LogP contribution in [0.3, 0.4) is 0 Å². The van der Waals surface area contributed by atoms with Gasteiger partial charge in [-0.05, 0) is 66.9 Å². The van der Waals surface area contributed by atoms with Gasteiger partial charge in [0.25, 0.3) is 0 Å². The van der Waals surface area contributed by atoms with Crippen molar-refractivity contribution in [1.82, 2.24) is 0 Å². The Morgan fingerprint density at radius 2 is 1.61 bits per heavy atom. The summed E-state index contributed by atoms with van der Waals surface area (Å²) in [5.41, 5.74) is 4.09. The molecule has 3 aromatic carbocycles. The molecule has 0 heterocycles. The fourth-order valence-electron chi connectivity index (χ4n) is 2.99. The minimum Gasteiger partial charge on any atom is -0.489 e. The Bertz CT molecular complexity index is 1140. The fourth-order valence-corrected chi connectivity index (χ4v) is 3.84. The molecule has 31 heavy (non-hydrogen) atoms. The Morgan fingerprint density at radius 3 is 2.23 bits per heavy atom. The minimum absolute atomic E-state index is 0.312. The van der Waals surface area contributed by atoms with E-state index in [4.69, 9.17) is 4.74 Å². The molecule has 1 amide bonds. The number of carbonyl (C=O) groups is 1. The highest BCUT2D eigenvalue weighted by molar-refractivity contribution is 7.92. The first kappa shape index (κ1) is 22.4. The first-order chi connectivity index (χ1) is 14.7. The van der Waals surface area contributed by atoms with E-state index in [1.54, 1.807) is 36.4 Å². The molecular formula is C24H26N2O4S. The Balaban J connectivity index is 1.63. The molecule has 0 aliphatic carbocycles. The summed E-state index contributed by atoms with van der Waals surface area (Å²) in [6, 6.07) is 22.1. The summed E-state index contributed by atoms with van der Waals surface area (Å²) in [4.78, 5) is 12.5. The van der Waals surface area contributed by atoms with Crippen LogP contribution in [0.5, 0.6) is 5.75 Å². The van der Waals surface area contributed by atoms with Crippen LogP contribution in [0.1, 0.15) is 16.7 Å². The average molecular weight is 439 g/mol. The van der Waals surface area contributed by atoms with Crippen molar-refractivity contribution in [1.29, 1.82) is 0 Å². The standard InChI is InChI=1S/C24H26N2O4S/c1-18-9-12-22(15-19(18)2)26(31(3,28)29)16-24(27)25-21-10-13-23(14-11-21)30-17-20-7-5-4-6-8-20/h4-15H,16-17H2,1-3H3,(H,25,27). The fraction of sp³-hybridized carbons (Fsp3) is 0.208. The minimum atomic E-state index is -3.62. The van der Waals surface area contributed by atoms with Crippen molar-refractivity contribution in [2.24, 2.45) is 0 Å². The molecule has 0 aliphatic rings. The first-order valence-corrected chi connectivity index (χ1v) is 11.7. The molecule has 1 N–H and O–H groups in total. The van der Waals surface area contributed by atoms with E-state index in [-0.39, 0.29) is 6.54 Å². The molecule has 162 valence electrons. The number of benzene rings is 3. The van der Waals surface area contributed by atoms with Crippen molar-refractivity contribution < 1.29 is 17.9 Å². The first-order valence-electron chi connectivity index (χ1n) is 9.84. The van der Waals surface area contributed by atoms with Crippen molar-refractivity contribution in [2.75, 3.05) is 22.4 Å². The van der Waals surface area contributed by atoms with Crippen LogP contribution in [-0.4, -0.2) is 27.1 Å². The van der Waals surface area contributed by atoms with Crippen molar-refractivity contribution in [3.63, 3.8) is 0 Å². The number of sulfonamides is 1. The van der Waals surface area contributed by atoms with Gasteiger partial charge in [0.2, 0.25) is 15.9 Å². The molecule has 7 heteroatoms. The Kier molecular flexibility index (Phi) is 6.97. The highest BCUT2D eigenvalue weighted by atomic mass is 32.2. The molecule has 0 fully saturated rings. The second-order valence-corrected chi connectivity index (χ2v) is 9.29. The summed E-state index contributed by atoms with van der Waals surface area (Å²) in [5.74, 6) is 0.247. The third-order valence-corrected chi connectivity index (χ3v) is 5.99. The number of hydrogen-bond donors (Lipinski definition) is 1. The van der Waals surface area contributed by atoms with Crippen LogP contribution in [0.4, 0.5) is 11.4 Å². The Labute approximate surface area is 183 Å². The van der Waals surface area contributed by atoms with E-state index < -0.39 is 15.9 Å². The lowest BCUT2D eigenvalue weighted by atomic mass is 10.1. The van der Waals surface area contributed by atoms with E-state index >= 15 is 0 Å². The predicted molar refractivity (Wildman–Crippen MR) is 124 cm³/mol. The maximum absolute atomic E-state index is 12.5. The molecule has 3 aromatic rings. The molecule has 0 bridgehead atoms. The number of amides is 1. The normalized spacial score (nSPS) is 11.1. The summed E-state index contributed by atoms with van der Waals surface area (Å²) >= 11 is 0. The summed E-state index contributed by atoms with van der Waals surface area (Å²) < 4.78 is 31.4. The lowest BCUT2D eigenvalue weighted by molar-refractivity contribution is -0.114. The van der Waals surface area contributed by atoms with Crippen LogP contribution in [0.25, 0.3) is 0 Å². The van der Waals surface area contributed by atoms with Crippen molar-refractivity contribution in [3.05, 3.63) is 89.5 Å². The summed E-state index contributed by atoms with van der Waals surface area (Å²) in [5, 5.41) is 2.74. The van der Waals surface area contributed by atoms with Crippen LogP contribution < -0.4 is 14.4 Å². The van der Waals surface area contributed by atoms with E-state index in [0.717, 1.165) is 27.3 Å². The largest absolute Gasteiger partial charge is 0.489 e. The SMILES string of the molecule is Cc1ccc(N(CC(=O)Nc2ccc(OCc3ccccc3)cc2)S(C)(=O)=O)cc1C. The van der Waals surface area contributed by atoms with E-state index in [2.05, 4.69) is 5.32 Å². The number of hydrogen-bond acceptors (Lipinski definition) is 4. The van der Waals surface area contributed by atoms with Gasteiger partial charge < -0.3 is 10.1 Å². The predicted octanol–water partition coefficient (Wildman–Crippen LogP) is 4.29.